The van der Waals surface area contributed by atoms with Gasteiger partial charge in [0.2, 0.25) is 5.95 Å². The topological polar surface area (TPSA) is 78.4 Å². The predicted molar refractivity (Wildman–Crippen MR) is 69.6 cm³/mol. The summed E-state index contributed by atoms with van der Waals surface area (Å²) in [6.45, 7) is 7.81. The smallest absolute Gasteiger partial charge is 0.324 e. The molecule has 2 rings (SSSR count). The van der Waals surface area contributed by atoms with Crippen LogP contribution in [-0.4, -0.2) is 46.9 Å². The molecule has 0 spiro atoms. The third-order valence-corrected chi connectivity index (χ3v) is 2.43. The Morgan fingerprint density at radius 1 is 1.32 bits per heavy atom. The second-order valence-corrected chi connectivity index (χ2v) is 4.52. The molecule has 1 aromatic heterocycles. The van der Waals surface area contributed by atoms with Gasteiger partial charge < -0.3 is 19.5 Å². The second kappa shape index (κ2) is 6.51. The lowest BCUT2D eigenvalue weighted by molar-refractivity contribution is 0.131. The van der Waals surface area contributed by atoms with Gasteiger partial charge in [-0.15, -0.1) is 4.98 Å². The Morgan fingerprint density at radius 3 is 2.74 bits per heavy atom. The van der Waals surface area contributed by atoms with Gasteiger partial charge in [-0.2, -0.15) is 9.97 Å². The highest BCUT2D eigenvalue weighted by molar-refractivity contribution is 5.27. The highest BCUT2D eigenvalue weighted by Crippen LogP contribution is 2.17. The van der Waals surface area contributed by atoms with Crippen LogP contribution in [0.4, 0.5) is 5.95 Å². The van der Waals surface area contributed by atoms with E-state index < -0.39 is 0 Å². The van der Waals surface area contributed by atoms with Gasteiger partial charge >= 0.3 is 12.0 Å². The zero-order chi connectivity index (χ0) is 13.7. The Kier molecular flexibility index (Phi) is 4.73. The van der Waals surface area contributed by atoms with Crippen molar-refractivity contribution >= 4 is 5.95 Å². The van der Waals surface area contributed by atoms with Gasteiger partial charge in [-0.25, -0.2) is 0 Å². The average Bonchev–Trinajstić information content (AvgIpc) is 2.81. The van der Waals surface area contributed by atoms with Gasteiger partial charge in [-0.3, -0.25) is 0 Å². The minimum atomic E-state index is -0.000426. The van der Waals surface area contributed by atoms with Crippen LogP contribution < -0.4 is 14.8 Å². The Bertz CT molecular complexity index is 408. The molecule has 0 amide bonds. The lowest BCUT2D eigenvalue weighted by Gasteiger charge is -2.13. The van der Waals surface area contributed by atoms with Gasteiger partial charge in [-0.1, -0.05) is 0 Å². The first kappa shape index (κ1) is 13.8. The molecule has 1 atom stereocenters. The van der Waals surface area contributed by atoms with Crippen molar-refractivity contribution in [3.05, 3.63) is 0 Å². The van der Waals surface area contributed by atoms with Gasteiger partial charge in [0.1, 0.15) is 6.10 Å². The molecule has 7 nitrogen and oxygen atoms in total. The van der Waals surface area contributed by atoms with Gasteiger partial charge in [0.05, 0.1) is 19.3 Å². The molecular formula is C12H20N4O3. The summed E-state index contributed by atoms with van der Waals surface area (Å²) in [5.41, 5.74) is 0. The lowest BCUT2D eigenvalue weighted by atomic mass is 10.3. The molecule has 1 N–H and O–H groups in total. The maximum atomic E-state index is 5.68. The number of nitrogens with zero attached hydrogens (tertiary/aromatic N) is 3. The van der Waals surface area contributed by atoms with Crippen LogP contribution in [-0.2, 0) is 4.74 Å². The molecule has 0 bridgehead atoms. The van der Waals surface area contributed by atoms with Gasteiger partial charge in [0.15, 0.2) is 0 Å². The van der Waals surface area contributed by atoms with E-state index in [0.717, 1.165) is 13.0 Å². The summed E-state index contributed by atoms with van der Waals surface area (Å²) < 4.78 is 16.4. The van der Waals surface area contributed by atoms with Crippen LogP contribution in [0.15, 0.2) is 0 Å². The van der Waals surface area contributed by atoms with Crippen molar-refractivity contribution in [1.82, 2.24) is 15.0 Å². The normalized spacial score (nSPS) is 18.6. The van der Waals surface area contributed by atoms with Crippen molar-refractivity contribution in [2.24, 2.45) is 0 Å². The monoisotopic (exact) mass is 268 g/mol. The summed E-state index contributed by atoms with van der Waals surface area (Å²) in [6.07, 6.45) is 0.853. The molecule has 7 heteroatoms. The number of hydrogen-bond donors (Lipinski definition) is 1. The van der Waals surface area contributed by atoms with Gasteiger partial charge in [0.25, 0.3) is 0 Å². The van der Waals surface area contributed by atoms with E-state index in [1.54, 1.807) is 0 Å². The fourth-order valence-corrected chi connectivity index (χ4v) is 1.65. The SMILES string of the molecule is CCNc1nc(OC(C)C)nc(OC2CCOC2)n1. The van der Waals surface area contributed by atoms with Crippen LogP contribution in [0, 0.1) is 0 Å². The fourth-order valence-electron chi connectivity index (χ4n) is 1.65. The summed E-state index contributed by atoms with van der Waals surface area (Å²) in [5.74, 6) is 0.460. The largest absolute Gasteiger partial charge is 0.461 e. The molecule has 1 aliphatic rings. The number of ether oxygens (including phenoxy) is 3. The quantitative estimate of drug-likeness (QED) is 0.832. The van der Waals surface area contributed by atoms with Crippen molar-refractivity contribution in [3.8, 4) is 12.0 Å². The summed E-state index contributed by atoms with van der Waals surface area (Å²) in [5, 5.41) is 3.03. The third kappa shape index (κ3) is 4.20. The Morgan fingerprint density at radius 2 is 2.11 bits per heavy atom. The Balaban J connectivity index is 2.12. The molecule has 1 aromatic rings. The van der Waals surface area contributed by atoms with Crippen LogP contribution in [0.25, 0.3) is 0 Å². The molecule has 1 saturated heterocycles. The summed E-state index contributed by atoms with van der Waals surface area (Å²) >= 11 is 0. The Hall–Kier alpha value is -1.63. The van der Waals surface area contributed by atoms with E-state index in [-0.39, 0.29) is 24.2 Å². The predicted octanol–water partition coefficient (Wildman–Crippen LogP) is 1.26. The van der Waals surface area contributed by atoms with E-state index in [4.69, 9.17) is 14.2 Å². The van der Waals surface area contributed by atoms with Crippen molar-refractivity contribution in [2.75, 3.05) is 25.1 Å². The van der Waals surface area contributed by atoms with Crippen LogP contribution in [0.5, 0.6) is 12.0 Å². The average molecular weight is 268 g/mol. The fraction of sp³-hybridized carbons (Fsp3) is 0.750. The molecule has 1 fully saturated rings. The van der Waals surface area contributed by atoms with E-state index in [9.17, 15) is 0 Å². The van der Waals surface area contributed by atoms with E-state index in [1.165, 1.54) is 0 Å². The molecule has 106 valence electrons. The van der Waals surface area contributed by atoms with E-state index in [0.29, 0.717) is 19.2 Å². The number of anilines is 1. The standard InChI is InChI=1S/C12H20N4O3/c1-4-13-10-14-11(18-8(2)3)16-12(15-10)19-9-5-6-17-7-9/h8-9H,4-7H2,1-3H3,(H,13,14,15,16). The highest BCUT2D eigenvalue weighted by Gasteiger charge is 2.20. The molecule has 0 saturated carbocycles. The molecule has 0 aromatic carbocycles. The summed E-state index contributed by atoms with van der Waals surface area (Å²) in [6, 6.07) is 0.548. The number of aromatic nitrogens is 3. The number of hydrogen-bond acceptors (Lipinski definition) is 7. The van der Waals surface area contributed by atoms with Crippen LogP contribution >= 0.6 is 0 Å². The molecule has 2 heterocycles. The molecular weight excluding hydrogens is 248 g/mol. The summed E-state index contributed by atoms with van der Waals surface area (Å²) in [4.78, 5) is 12.5. The summed E-state index contributed by atoms with van der Waals surface area (Å²) in [7, 11) is 0. The number of nitrogens with one attached hydrogen (secondary N) is 1. The van der Waals surface area contributed by atoms with Crippen molar-refractivity contribution < 1.29 is 14.2 Å². The van der Waals surface area contributed by atoms with Crippen molar-refractivity contribution in [2.45, 2.75) is 39.4 Å². The first-order valence-corrected chi connectivity index (χ1v) is 6.58. The van der Waals surface area contributed by atoms with Gasteiger partial charge in [0, 0.05) is 13.0 Å². The minimum Gasteiger partial charge on any atom is -0.461 e. The molecule has 0 radical (unpaired) electrons. The molecule has 1 unspecified atom stereocenters. The van der Waals surface area contributed by atoms with Crippen molar-refractivity contribution in [3.63, 3.8) is 0 Å². The third-order valence-electron chi connectivity index (χ3n) is 2.43. The van der Waals surface area contributed by atoms with E-state index in [1.807, 2.05) is 20.8 Å². The maximum Gasteiger partial charge on any atom is 0.324 e. The Labute approximate surface area is 112 Å². The van der Waals surface area contributed by atoms with Gasteiger partial charge in [-0.05, 0) is 20.8 Å². The van der Waals surface area contributed by atoms with Crippen LogP contribution in [0.2, 0.25) is 0 Å². The minimum absolute atomic E-state index is 0.000426. The zero-order valence-corrected chi connectivity index (χ0v) is 11.5. The van der Waals surface area contributed by atoms with Crippen molar-refractivity contribution in [1.29, 1.82) is 0 Å². The molecule has 19 heavy (non-hydrogen) atoms. The number of rotatable bonds is 6. The lowest BCUT2D eigenvalue weighted by Crippen LogP contribution is -2.19. The first-order valence-electron chi connectivity index (χ1n) is 6.58. The zero-order valence-electron chi connectivity index (χ0n) is 11.5. The second-order valence-electron chi connectivity index (χ2n) is 4.52. The first-order chi connectivity index (χ1) is 9.17. The maximum absolute atomic E-state index is 5.68. The van der Waals surface area contributed by atoms with Crippen LogP contribution in [0.1, 0.15) is 27.2 Å². The van der Waals surface area contributed by atoms with Crippen LogP contribution in [0.3, 0.4) is 0 Å². The highest BCUT2D eigenvalue weighted by atomic mass is 16.6. The van der Waals surface area contributed by atoms with E-state index >= 15 is 0 Å². The molecule has 1 aliphatic heterocycles. The van der Waals surface area contributed by atoms with E-state index in [2.05, 4.69) is 20.3 Å². The molecule has 0 aliphatic carbocycles.